The van der Waals surface area contributed by atoms with Crippen molar-refractivity contribution in [3.05, 3.63) is 71.8 Å². The van der Waals surface area contributed by atoms with E-state index in [1.54, 1.807) is 62.4 Å². The smallest absolute Gasteiger partial charge is 0.325 e. The Bertz CT molecular complexity index is 2170. The van der Waals surface area contributed by atoms with E-state index in [0.29, 0.717) is 37.0 Å². The molecule has 4 aliphatic rings. The van der Waals surface area contributed by atoms with E-state index >= 15 is 0 Å². The first kappa shape index (κ1) is 55.5. The topological polar surface area (TPSA) is 243 Å². The number of nitrogens with one attached hydrogen (secondary N) is 5. The molecule has 0 aliphatic heterocycles. The second kappa shape index (κ2) is 23.3. The van der Waals surface area contributed by atoms with Crippen LogP contribution in [0.3, 0.4) is 0 Å². The fourth-order valence-electron chi connectivity index (χ4n) is 13.7. The van der Waals surface area contributed by atoms with Crippen molar-refractivity contribution >= 4 is 35.5 Å². The third kappa shape index (κ3) is 12.5. The summed E-state index contributed by atoms with van der Waals surface area (Å²) in [5.41, 5.74) is 0.740. The fraction of sp³-hybridized carbons (Fsp3) is 0.679. The van der Waals surface area contributed by atoms with E-state index in [2.05, 4.69) is 40.4 Å². The SMILES string of the molecule is CC(C)C[C@H](NC(=O)CC[C@@H](C)[C@H]1CC[C@H]2[C@@H]3CC[C@@H]4CCC(O)C(O)(O)[C@]4(C)[C@H]3CC[C@]12C)C(=O)N[C@H](C(=O)N[C@@H](Cc1ccccc1)C(=O)N[C@@H](Cc1ccccc1)C(=O)N[C@@H](C)C(=O)O)C(C)C. The van der Waals surface area contributed by atoms with E-state index in [1.165, 1.54) is 6.92 Å². The minimum absolute atomic E-state index is 0.0243. The number of hydrogen-bond acceptors (Lipinski definition) is 9. The molecule has 2 aromatic carbocycles. The first-order valence-corrected chi connectivity index (χ1v) is 26.4. The van der Waals surface area contributed by atoms with Gasteiger partial charge in [0.1, 0.15) is 36.3 Å². The van der Waals surface area contributed by atoms with E-state index in [1.807, 2.05) is 32.9 Å². The van der Waals surface area contributed by atoms with E-state index in [0.717, 1.165) is 56.1 Å². The van der Waals surface area contributed by atoms with Crippen LogP contribution in [0.25, 0.3) is 0 Å². The summed E-state index contributed by atoms with van der Waals surface area (Å²) in [4.78, 5) is 81.6. The Labute approximate surface area is 420 Å². The molecule has 0 aromatic heterocycles. The lowest BCUT2D eigenvalue weighted by molar-refractivity contribution is -0.349. The Morgan fingerprint density at radius 2 is 1.18 bits per heavy atom. The van der Waals surface area contributed by atoms with Gasteiger partial charge >= 0.3 is 5.97 Å². The normalized spacial score (nSPS) is 29.1. The van der Waals surface area contributed by atoms with Crippen LogP contribution in [0.2, 0.25) is 0 Å². The molecular weight excluding hydrogens is 903 g/mol. The van der Waals surface area contributed by atoms with Crippen molar-refractivity contribution in [3.63, 3.8) is 0 Å². The largest absolute Gasteiger partial charge is 0.480 e. The Hall–Kier alpha value is -4.86. The Morgan fingerprint density at radius 1 is 0.634 bits per heavy atom. The molecule has 4 fully saturated rings. The van der Waals surface area contributed by atoms with Gasteiger partial charge in [0.05, 0.1) is 0 Å². The zero-order valence-corrected chi connectivity index (χ0v) is 43.3. The third-order valence-corrected chi connectivity index (χ3v) is 17.7. The van der Waals surface area contributed by atoms with Crippen LogP contribution in [-0.4, -0.2) is 98.0 Å². The lowest BCUT2D eigenvalue weighted by Gasteiger charge is -2.64. The summed E-state index contributed by atoms with van der Waals surface area (Å²) in [7, 11) is 0. The molecule has 14 atom stereocenters. The number of carboxylic acids is 1. The predicted octanol–water partition coefficient (Wildman–Crippen LogP) is 5.43. The van der Waals surface area contributed by atoms with Crippen LogP contribution in [0.1, 0.15) is 137 Å². The van der Waals surface area contributed by atoms with E-state index in [-0.39, 0.29) is 54.3 Å². The molecule has 15 nitrogen and oxygen atoms in total. The molecule has 71 heavy (non-hydrogen) atoms. The number of aliphatic hydroxyl groups is 3. The molecule has 0 saturated heterocycles. The zero-order valence-electron chi connectivity index (χ0n) is 43.3. The van der Waals surface area contributed by atoms with Gasteiger partial charge in [-0.2, -0.15) is 0 Å². The van der Waals surface area contributed by atoms with Crippen LogP contribution < -0.4 is 26.6 Å². The summed E-state index contributed by atoms with van der Waals surface area (Å²) in [6.45, 7) is 15.4. The number of fused-ring (bicyclic) bond motifs is 5. The van der Waals surface area contributed by atoms with E-state index in [9.17, 15) is 49.2 Å². The number of benzene rings is 2. The molecular formula is C56H83N5O10. The second-order valence-corrected chi connectivity index (χ2v) is 23.0. The minimum atomic E-state index is -2.11. The molecule has 5 amide bonds. The highest BCUT2D eigenvalue weighted by molar-refractivity contribution is 5.96. The summed E-state index contributed by atoms with van der Waals surface area (Å²) < 4.78 is 0. The van der Waals surface area contributed by atoms with Crippen molar-refractivity contribution < 1.29 is 49.2 Å². The monoisotopic (exact) mass is 986 g/mol. The Morgan fingerprint density at radius 3 is 1.75 bits per heavy atom. The number of carbonyl (C=O) groups is 6. The van der Waals surface area contributed by atoms with E-state index in [4.69, 9.17) is 0 Å². The molecule has 0 radical (unpaired) electrons. The molecule has 4 saturated carbocycles. The highest BCUT2D eigenvalue weighted by atomic mass is 16.5. The first-order chi connectivity index (χ1) is 33.5. The summed E-state index contributed by atoms with van der Waals surface area (Å²) >= 11 is 0. The fourth-order valence-corrected chi connectivity index (χ4v) is 13.7. The van der Waals surface area contributed by atoms with Gasteiger partial charge in [-0.05, 0) is 135 Å². The molecule has 392 valence electrons. The molecule has 15 heteroatoms. The van der Waals surface area contributed by atoms with Gasteiger partial charge in [-0.25, -0.2) is 0 Å². The number of aliphatic hydroxyl groups excluding tert-OH is 1. The number of aliphatic carboxylic acids is 1. The maximum atomic E-state index is 14.3. The average molecular weight is 986 g/mol. The maximum absolute atomic E-state index is 14.3. The second-order valence-electron chi connectivity index (χ2n) is 23.0. The number of rotatable bonds is 21. The van der Waals surface area contributed by atoms with Crippen LogP contribution in [0.4, 0.5) is 0 Å². The predicted molar refractivity (Wildman–Crippen MR) is 270 cm³/mol. The highest BCUT2D eigenvalue weighted by Crippen LogP contribution is 2.69. The summed E-state index contributed by atoms with van der Waals surface area (Å²) in [5.74, 6) is -4.82. The number of carboxylic acid groups (broad SMARTS) is 1. The molecule has 9 N–H and O–H groups in total. The molecule has 4 aliphatic carbocycles. The van der Waals surface area contributed by atoms with Crippen LogP contribution in [0.15, 0.2) is 60.7 Å². The van der Waals surface area contributed by atoms with Crippen molar-refractivity contribution in [1.82, 2.24) is 26.6 Å². The average Bonchev–Trinajstić information content (AvgIpc) is 3.68. The number of carbonyl (C=O) groups excluding carboxylic acids is 5. The van der Waals surface area contributed by atoms with Crippen molar-refractivity contribution in [2.24, 2.45) is 58.2 Å². The van der Waals surface area contributed by atoms with Gasteiger partial charge in [0.15, 0.2) is 5.79 Å². The molecule has 1 unspecified atom stereocenters. The molecule has 0 heterocycles. The lowest BCUT2D eigenvalue weighted by atomic mass is 9.43. The van der Waals surface area contributed by atoms with Gasteiger partial charge in [-0.1, -0.05) is 109 Å². The molecule has 2 aromatic rings. The van der Waals surface area contributed by atoms with Crippen molar-refractivity contribution in [3.8, 4) is 0 Å². The van der Waals surface area contributed by atoms with Crippen LogP contribution in [0.5, 0.6) is 0 Å². The summed E-state index contributed by atoms with van der Waals surface area (Å²) in [5, 5.41) is 57.1. The Kier molecular flexibility index (Phi) is 18.2. The van der Waals surface area contributed by atoms with Gasteiger partial charge in [-0.3, -0.25) is 28.8 Å². The quantitative estimate of drug-likeness (QED) is 0.0719. The van der Waals surface area contributed by atoms with Gasteiger partial charge in [-0.15, -0.1) is 0 Å². The molecule has 6 rings (SSSR count). The van der Waals surface area contributed by atoms with Crippen LogP contribution in [0, 0.1) is 58.2 Å². The van der Waals surface area contributed by atoms with Gasteiger partial charge in [0.25, 0.3) is 0 Å². The molecule has 0 bridgehead atoms. The minimum Gasteiger partial charge on any atom is -0.480 e. The van der Waals surface area contributed by atoms with Gasteiger partial charge in [0.2, 0.25) is 29.5 Å². The Balaban J connectivity index is 1.09. The molecule has 0 spiro atoms. The van der Waals surface area contributed by atoms with Crippen molar-refractivity contribution in [2.45, 2.75) is 181 Å². The van der Waals surface area contributed by atoms with E-state index < -0.39 is 83.0 Å². The maximum Gasteiger partial charge on any atom is 0.325 e. The number of amides is 5. The standard InChI is InChI=1S/C56H83N5O10/c1-32(2)29-43(58-47(63)26-19-34(5)40-23-24-41-39-22-20-38-21-25-46(62)56(70,71)55(38,8)42(39)27-28-54(40,41)7)51(66)61-48(33(3)4)52(67)60-45(31-37-17-13-10-14-18-37)50(65)59-44(30-36-15-11-9-12-16-36)49(64)57-35(6)53(68)69/h9-18,32-35,38-46,48,62,70-71H,19-31H2,1-8H3,(H,57,64)(H,58,63)(H,59,65)(H,60,67)(H,61,66)(H,68,69)/t34-,35+,38-,39+,40-,41+,42+,43+,44+,45+,46?,48+,54-,55+/m1/s1. The van der Waals surface area contributed by atoms with Crippen LogP contribution >= 0.6 is 0 Å². The first-order valence-electron chi connectivity index (χ1n) is 26.4. The van der Waals surface area contributed by atoms with Crippen LogP contribution in [-0.2, 0) is 41.6 Å². The van der Waals surface area contributed by atoms with Gasteiger partial charge < -0.3 is 47.0 Å². The zero-order chi connectivity index (χ0) is 52.0. The summed E-state index contributed by atoms with van der Waals surface area (Å²) in [6, 6.07) is 12.4. The highest BCUT2D eigenvalue weighted by Gasteiger charge is 2.67. The number of hydrogen-bond donors (Lipinski definition) is 9. The van der Waals surface area contributed by atoms with Crippen molar-refractivity contribution in [2.75, 3.05) is 0 Å². The van der Waals surface area contributed by atoms with Gasteiger partial charge in [0, 0.05) is 24.7 Å². The third-order valence-electron chi connectivity index (χ3n) is 17.7. The lowest BCUT2D eigenvalue weighted by Crippen LogP contribution is -2.68. The van der Waals surface area contributed by atoms with Crippen molar-refractivity contribution in [1.29, 1.82) is 0 Å². The summed E-state index contributed by atoms with van der Waals surface area (Å²) in [6.07, 6.45) is 7.34.